The van der Waals surface area contributed by atoms with Gasteiger partial charge in [-0.3, -0.25) is 0 Å². The van der Waals surface area contributed by atoms with Crippen LogP contribution in [0.3, 0.4) is 0 Å². The number of nitrogens with zero attached hydrogens (tertiary/aromatic N) is 1. The van der Waals surface area contributed by atoms with Crippen molar-refractivity contribution in [2.75, 3.05) is 0 Å². The highest BCUT2D eigenvalue weighted by molar-refractivity contribution is 5.39. The number of H-pyrrole nitrogens is 1. The Morgan fingerprint density at radius 3 is 2.44 bits per heavy atom. The van der Waals surface area contributed by atoms with Gasteiger partial charge in [0.1, 0.15) is 11.9 Å². The van der Waals surface area contributed by atoms with Crippen LogP contribution >= 0.6 is 0 Å². The zero-order chi connectivity index (χ0) is 11.7. The molecule has 0 bridgehead atoms. The summed E-state index contributed by atoms with van der Waals surface area (Å²) in [4.78, 5) is 7.02. The third-order valence-electron chi connectivity index (χ3n) is 2.96. The van der Waals surface area contributed by atoms with Gasteiger partial charge in [-0.2, -0.15) is 0 Å². The van der Waals surface area contributed by atoms with E-state index in [0.717, 1.165) is 11.1 Å². The summed E-state index contributed by atoms with van der Waals surface area (Å²) in [5.41, 5.74) is 4.43. The zero-order valence-corrected chi connectivity index (χ0v) is 9.78. The fourth-order valence-electron chi connectivity index (χ4n) is 1.85. The molecule has 2 aromatic rings. The van der Waals surface area contributed by atoms with Gasteiger partial charge in [-0.05, 0) is 43.0 Å². The monoisotopic (exact) mass is 216 g/mol. The van der Waals surface area contributed by atoms with Crippen LogP contribution in [0.15, 0.2) is 24.5 Å². The zero-order valence-electron chi connectivity index (χ0n) is 9.78. The lowest BCUT2D eigenvalue weighted by molar-refractivity contribution is 0.210. The summed E-state index contributed by atoms with van der Waals surface area (Å²) in [7, 11) is 0. The molecule has 2 rings (SSSR count). The lowest BCUT2D eigenvalue weighted by Crippen LogP contribution is -2.05. The molecule has 16 heavy (non-hydrogen) atoms. The maximum Gasteiger partial charge on any atom is 0.139 e. The first kappa shape index (κ1) is 10.9. The molecule has 1 heterocycles. The Morgan fingerprint density at radius 1 is 1.12 bits per heavy atom. The van der Waals surface area contributed by atoms with Crippen molar-refractivity contribution in [2.45, 2.75) is 26.9 Å². The molecule has 1 unspecified atom stereocenters. The number of aliphatic hydroxyl groups excluding tert-OH is 1. The van der Waals surface area contributed by atoms with E-state index in [9.17, 15) is 5.11 Å². The summed E-state index contributed by atoms with van der Waals surface area (Å²) < 4.78 is 0. The van der Waals surface area contributed by atoms with Crippen LogP contribution in [0.1, 0.15) is 34.2 Å². The van der Waals surface area contributed by atoms with Crippen molar-refractivity contribution in [3.63, 3.8) is 0 Å². The van der Waals surface area contributed by atoms with Crippen LogP contribution in [0.5, 0.6) is 0 Å². The summed E-state index contributed by atoms with van der Waals surface area (Å²) in [5.74, 6) is 0.589. The molecule has 1 aromatic heterocycles. The van der Waals surface area contributed by atoms with Crippen LogP contribution in [-0.4, -0.2) is 15.1 Å². The van der Waals surface area contributed by atoms with Gasteiger partial charge < -0.3 is 10.1 Å². The number of benzene rings is 1. The third kappa shape index (κ3) is 1.86. The van der Waals surface area contributed by atoms with Gasteiger partial charge >= 0.3 is 0 Å². The van der Waals surface area contributed by atoms with E-state index in [0.29, 0.717) is 5.82 Å². The topological polar surface area (TPSA) is 48.9 Å². The van der Waals surface area contributed by atoms with E-state index in [2.05, 4.69) is 23.0 Å². The summed E-state index contributed by atoms with van der Waals surface area (Å²) in [6, 6.07) is 4.12. The first-order valence-electron chi connectivity index (χ1n) is 5.34. The molecule has 0 radical (unpaired) electrons. The number of rotatable bonds is 2. The van der Waals surface area contributed by atoms with Gasteiger partial charge in [0.2, 0.25) is 0 Å². The van der Waals surface area contributed by atoms with Gasteiger partial charge in [-0.25, -0.2) is 4.98 Å². The fraction of sp³-hybridized carbons (Fsp3) is 0.308. The first-order valence-corrected chi connectivity index (χ1v) is 5.34. The molecule has 0 aliphatic heterocycles. The van der Waals surface area contributed by atoms with Gasteiger partial charge in [-0.15, -0.1) is 0 Å². The Hall–Kier alpha value is -1.61. The van der Waals surface area contributed by atoms with Crippen molar-refractivity contribution in [2.24, 2.45) is 0 Å². The summed E-state index contributed by atoms with van der Waals surface area (Å²) in [5, 5.41) is 10.2. The lowest BCUT2D eigenvalue weighted by Gasteiger charge is -2.14. The summed E-state index contributed by atoms with van der Waals surface area (Å²) in [6.07, 6.45) is 2.69. The molecule has 0 aliphatic carbocycles. The molecule has 0 aliphatic rings. The van der Waals surface area contributed by atoms with Crippen molar-refractivity contribution in [1.29, 1.82) is 0 Å². The molecule has 0 spiro atoms. The molecule has 2 N–H and O–H groups in total. The highest BCUT2D eigenvalue weighted by atomic mass is 16.3. The van der Waals surface area contributed by atoms with Gasteiger partial charge in [0, 0.05) is 12.4 Å². The lowest BCUT2D eigenvalue weighted by atomic mass is 9.97. The molecular weight excluding hydrogens is 200 g/mol. The number of aryl methyl sites for hydroxylation is 3. The van der Waals surface area contributed by atoms with Gasteiger partial charge in [0.15, 0.2) is 0 Å². The molecule has 0 fully saturated rings. The van der Waals surface area contributed by atoms with Crippen LogP contribution < -0.4 is 0 Å². The Bertz CT molecular complexity index is 489. The Balaban J connectivity index is 2.44. The second kappa shape index (κ2) is 4.10. The minimum atomic E-state index is -0.672. The second-order valence-corrected chi connectivity index (χ2v) is 4.17. The maximum atomic E-state index is 10.2. The van der Waals surface area contributed by atoms with Crippen LogP contribution in [0.2, 0.25) is 0 Å². The number of hydrogen-bond acceptors (Lipinski definition) is 2. The molecule has 0 amide bonds. The van der Waals surface area contributed by atoms with E-state index < -0.39 is 6.10 Å². The third-order valence-corrected chi connectivity index (χ3v) is 2.96. The number of nitrogens with one attached hydrogen (secondary N) is 1. The average Bonchev–Trinajstić information content (AvgIpc) is 2.75. The van der Waals surface area contributed by atoms with E-state index in [-0.39, 0.29) is 0 Å². The number of aromatic amines is 1. The predicted molar refractivity (Wildman–Crippen MR) is 63.3 cm³/mol. The highest BCUT2D eigenvalue weighted by Gasteiger charge is 2.15. The van der Waals surface area contributed by atoms with E-state index in [1.807, 2.05) is 19.9 Å². The van der Waals surface area contributed by atoms with Crippen molar-refractivity contribution >= 4 is 0 Å². The quantitative estimate of drug-likeness (QED) is 0.810. The van der Waals surface area contributed by atoms with E-state index in [1.54, 1.807) is 12.4 Å². The van der Waals surface area contributed by atoms with Gasteiger partial charge in [0.05, 0.1) is 0 Å². The Kier molecular flexibility index (Phi) is 2.79. The van der Waals surface area contributed by atoms with Gasteiger partial charge in [0.25, 0.3) is 0 Å². The number of hydrogen-bond donors (Lipinski definition) is 2. The molecular formula is C13H16N2O. The largest absolute Gasteiger partial charge is 0.380 e. The molecule has 1 aromatic carbocycles. The van der Waals surface area contributed by atoms with Crippen molar-refractivity contribution in [1.82, 2.24) is 9.97 Å². The summed E-state index contributed by atoms with van der Waals surface area (Å²) in [6.45, 7) is 6.13. The molecule has 84 valence electrons. The minimum Gasteiger partial charge on any atom is -0.380 e. The van der Waals surface area contributed by atoms with Gasteiger partial charge in [-0.1, -0.05) is 12.1 Å². The molecule has 0 saturated carbocycles. The van der Waals surface area contributed by atoms with Crippen LogP contribution in [0, 0.1) is 20.8 Å². The van der Waals surface area contributed by atoms with Crippen molar-refractivity contribution in [3.8, 4) is 0 Å². The van der Waals surface area contributed by atoms with E-state index in [4.69, 9.17) is 0 Å². The minimum absolute atomic E-state index is 0.589. The standard InChI is InChI=1S/C13H16N2O/c1-8-6-10(3)11(7-9(8)2)12(16)13-14-4-5-15-13/h4-7,12,16H,1-3H3,(H,14,15). The molecule has 3 heteroatoms. The first-order chi connectivity index (χ1) is 7.59. The number of imidazole rings is 1. The maximum absolute atomic E-state index is 10.2. The van der Waals surface area contributed by atoms with Crippen LogP contribution in [0.25, 0.3) is 0 Å². The SMILES string of the molecule is Cc1cc(C)c(C(O)c2ncc[nH]2)cc1C. The average molecular weight is 216 g/mol. The normalized spacial score (nSPS) is 12.8. The van der Waals surface area contributed by atoms with Crippen molar-refractivity contribution in [3.05, 3.63) is 52.6 Å². The molecule has 1 atom stereocenters. The second-order valence-electron chi connectivity index (χ2n) is 4.17. The Morgan fingerprint density at radius 2 is 1.81 bits per heavy atom. The van der Waals surface area contributed by atoms with Crippen LogP contribution in [0.4, 0.5) is 0 Å². The van der Waals surface area contributed by atoms with Crippen molar-refractivity contribution < 1.29 is 5.11 Å². The predicted octanol–water partition coefficient (Wildman–Crippen LogP) is 2.42. The van der Waals surface area contributed by atoms with E-state index >= 15 is 0 Å². The van der Waals surface area contributed by atoms with E-state index in [1.165, 1.54) is 11.1 Å². The molecule has 0 saturated heterocycles. The number of aliphatic hydroxyl groups is 1. The van der Waals surface area contributed by atoms with Crippen LogP contribution in [-0.2, 0) is 0 Å². The molecule has 3 nitrogen and oxygen atoms in total. The summed E-state index contributed by atoms with van der Waals surface area (Å²) >= 11 is 0. The smallest absolute Gasteiger partial charge is 0.139 e. The highest BCUT2D eigenvalue weighted by Crippen LogP contribution is 2.24. The Labute approximate surface area is 95.2 Å². The fourth-order valence-corrected chi connectivity index (χ4v) is 1.85. The number of aromatic nitrogens is 2.